The van der Waals surface area contributed by atoms with Crippen molar-refractivity contribution in [1.82, 2.24) is 4.90 Å². The van der Waals surface area contributed by atoms with Gasteiger partial charge in [-0.3, -0.25) is 4.79 Å². The molecule has 3 aromatic rings. The van der Waals surface area contributed by atoms with Crippen LogP contribution in [-0.2, 0) is 11.2 Å². The molecule has 1 aliphatic heterocycles. The molecule has 0 radical (unpaired) electrons. The average Bonchev–Trinajstić information content (AvgIpc) is 2.98. The number of carbonyl (C=O) groups excluding carboxylic acids is 1. The van der Waals surface area contributed by atoms with E-state index in [1.165, 1.54) is 0 Å². The molecule has 0 spiro atoms. The molecule has 0 unspecified atom stereocenters. The molecule has 0 atom stereocenters. The Morgan fingerprint density at radius 3 is 2.36 bits per heavy atom. The molecule has 6 heteroatoms. The third-order valence-corrected chi connectivity index (χ3v) is 6.84. The van der Waals surface area contributed by atoms with Gasteiger partial charge in [0.2, 0.25) is 5.91 Å². The fraction of sp³-hybridized carbons (Fsp3) is 0.455. The Kier molecular flexibility index (Phi) is 5.00. The molecule has 3 heterocycles. The van der Waals surface area contributed by atoms with E-state index in [4.69, 9.17) is 8.83 Å². The van der Waals surface area contributed by atoms with Crippen LogP contribution in [0, 0.1) is 27.7 Å². The maximum atomic E-state index is 12.7. The summed E-state index contributed by atoms with van der Waals surface area (Å²) in [5.41, 5.74) is 4.44. The molecule has 0 saturated carbocycles. The first-order valence-corrected chi connectivity index (χ1v) is 10.8. The van der Waals surface area contributed by atoms with Gasteiger partial charge in [-0.2, -0.15) is 11.8 Å². The van der Waals surface area contributed by atoms with Crippen LogP contribution in [0.25, 0.3) is 21.9 Å². The fourth-order valence-electron chi connectivity index (χ4n) is 3.98. The summed E-state index contributed by atoms with van der Waals surface area (Å²) in [7, 11) is 0. The minimum absolute atomic E-state index is 0.118. The highest BCUT2D eigenvalue weighted by atomic mass is 32.2. The van der Waals surface area contributed by atoms with Crippen LogP contribution < -0.4 is 5.63 Å². The summed E-state index contributed by atoms with van der Waals surface area (Å²) < 4.78 is 11.6. The van der Waals surface area contributed by atoms with Gasteiger partial charge in [0.1, 0.15) is 16.9 Å². The lowest BCUT2D eigenvalue weighted by Gasteiger charge is -2.26. The van der Waals surface area contributed by atoms with Crippen molar-refractivity contribution in [2.75, 3.05) is 24.6 Å². The highest BCUT2D eigenvalue weighted by Crippen LogP contribution is 2.34. The smallest absolute Gasteiger partial charge is 0.339 e. The zero-order valence-corrected chi connectivity index (χ0v) is 17.6. The van der Waals surface area contributed by atoms with Gasteiger partial charge in [-0.1, -0.05) is 0 Å². The maximum absolute atomic E-state index is 12.7. The summed E-state index contributed by atoms with van der Waals surface area (Å²) in [5, 5.41) is 1.97. The molecule has 1 amide bonds. The molecular formula is C22H25NO4S. The Morgan fingerprint density at radius 1 is 1.00 bits per heavy atom. The largest absolute Gasteiger partial charge is 0.461 e. The van der Waals surface area contributed by atoms with Crippen LogP contribution in [0.2, 0.25) is 0 Å². The van der Waals surface area contributed by atoms with E-state index in [0.29, 0.717) is 24.0 Å². The van der Waals surface area contributed by atoms with Crippen LogP contribution in [0.1, 0.15) is 34.4 Å². The van der Waals surface area contributed by atoms with E-state index >= 15 is 0 Å². The highest BCUT2D eigenvalue weighted by Gasteiger charge is 2.21. The molecule has 1 aromatic carbocycles. The molecular weight excluding hydrogens is 374 g/mol. The van der Waals surface area contributed by atoms with Gasteiger partial charge in [0, 0.05) is 52.9 Å². The number of carbonyl (C=O) groups is 1. The Hall–Kier alpha value is -2.21. The van der Waals surface area contributed by atoms with Gasteiger partial charge in [0.25, 0.3) is 0 Å². The van der Waals surface area contributed by atoms with Gasteiger partial charge < -0.3 is 13.7 Å². The van der Waals surface area contributed by atoms with E-state index in [0.717, 1.165) is 63.4 Å². The van der Waals surface area contributed by atoms with Crippen LogP contribution in [0.15, 0.2) is 19.7 Å². The molecule has 0 aliphatic carbocycles. The van der Waals surface area contributed by atoms with Crippen molar-refractivity contribution in [1.29, 1.82) is 0 Å². The second-order valence-corrected chi connectivity index (χ2v) is 8.75. The van der Waals surface area contributed by atoms with E-state index in [-0.39, 0.29) is 11.5 Å². The van der Waals surface area contributed by atoms with Crippen LogP contribution in [-0.4, -0.2) is 35.4 Å². The lowest BCUT2D eigenvalue weighted by atomic mass is 9.98. The quantitative estimate of drug-likeness (QED) is 0.615. The van der Waals surface area contributed by atoms with Crippen LogP contribution >= 0.6 is 11.8 Å². The number of nitrogens with zero attached hydrogens (tertiary/aromatic N) is 1. The molecule has 1 fully saturated rings. The molecule has 2 aromatic heterocycles. The Morgan fingerprint density at radius 2 is 1.64 bits per heavy atom. The first-order valence-electron chi connectivity index (χ1n) is 9.69. The Bertz CT molecular complexity index is 1140. The second kappa shape index (κ2) is 7.32. The van der Waals surface area contributed by atoms with Crippen LogP contribution in [0.5, 0.6) is 0 Å². The number of thioether (sulfide) groups is 1. The molecule has 148 valence electrons. The van der Waals surface area contributed by atoms with Gasteiger partial charge in [-0.05, 0) is 51.3 Å². The van der Waals surface area contributed by atoms with Crippen molar-refractivity contribution in [2.45, 2.75) is 40.5 Å². The summed E-state index contributed by atoms with van der Waals surface area (Å²) in [4.78, 5) is 27.1. The summed E-state index contributed by atoms with van der Waals surface area (Å²) in [6.07, 6.45) is 0.750. The van der Waals surface area contributed by atoms with E-state index in [9.17, 15) is 9.59 Å². The maximum Gasteiger partial charge on any atom is 0.339 e. The lowest BCUT2D eigenvalue weighted by molar-refractivity contribution is -0.130. The molecule has 5 nitrogen and oxygen atoms in total. The van der Waals surface area contributed by atoms with E-state index in [1.54, 1.807) is 0 Å². The molecule has 0 bridgehead atoms. The van der Waals surface area contributed by atoms with Crippen LogP contribution in [0.4, 0.5) is 0 Å². The third-order valence-electron chi connectivity index (χ3n) is 5.90. The molecule has 1 saturated heterocycles. The molecule has 28 heavy (non-hydrogen) atoms. The number of furan rings is 1. The zero-order chi connectivity index (χ0) is 20.0. The number of rotatable bonds is 3. The predicted octanol–water partition coefficient (Wildman–Crippen LogP) is 4.28. The zero-order valence-electron chi connectivity index (χ0n) is 16.8. The monoisotopic (exact) mass is 399 g/mol. The summed E-state index contributed by atoms with van der Waals surface area (Å²) >= 11 is 1.88. The number of benzene rings is 1. The Balaban J connectivity index is 1.73. The van der Waals surface area contributed by atoms with E-state index in [2.05, 4.69) is 6.07 Å². The standard InChI is InChI=1S/C22H25NO4S/c1-12-15(4)26-20-14(3)21-18(11-17(12)20)13(2)16(22(25)27-21)5-6-19(24)23-7-9-28-10-8-23/h11H,5-10H2,1-4H3. The number of aryl methyl sites for hydroxylation is 4. The SMILES string of the molecule is Cc1oc2c(C)c3oc(=O)c(CCC(=O)N4CCSCC4)c(C)c3cc2c1C. The molecule has 1 aliphatic rings. The van der Waals surface area contributed by atoms with Crippen LogP contribution in [0.3, 0.4) is 0 Å². The normalized spacial score (nSPS) is 14.9. The van der Waals surface area contributed by atoms with Crippen molar-refractivity contribution >= 4 is 39.6 Å². The topological polar surface area (TPSA) is 63.7 Å². The van der Waals surface area contributed by atoms with Gasteiger partial charge in [-0.15, -0.1) is 0 Å². The van der Waals surface area contributed by atoms with Crippen molar-refractivity contribution in [3.8, 4) is 0 Å². The van der Waals surface area contributed by atoms with Gasteiger partial charge in [0.15, 0.2) is 0 Å². The average molecular weight is 400 g/mol. The summed E-state index contributed by atoms with van der Waals surface area (Å²) in [6, 6.07) is 2.05. The van der Waals surface area contributed by atoms with Gasteiger partial charge in [0.05, 0.1) is 0 Å². The predicted molar refractivity (Wildman–Crippen MR) is 113 cm³/mol. The van der Waals surface area contributed by atoms with Crippen molar-refractivity contribution in [2.24, 2.45) is 0 Å². The van der Waals surface area contributed by atoms with Gasteiger partial charge in [-0.25, -0.2) is 4.79 Å². The first kappa shape index (κ1) is 19.1. The number of hydrogen-bond donors (Lipinski definition) is 0. The van der Waals surface area contributed by atoms with Crippen molar-refractivity contribution in [3.63, 3.8) is 0 Å². The minimum atomic E-state index is -0.352. The Labute approximate surface area is 168 Å². The van der Waals surface area contributed by atoms with Gasteiger partial charge >= 0.3 is 5.63 Å². The highest BCUT2D eigenvalue weighted by molar-refractivity contribution is 7.99. The summed E-state index contributed by atoms with van der Waals surface area (Å²) in [5.74, 6) is 2.97. The number of fused-ring (bicyclic) bond motifs is 2. The third kappa shape index (κ3) is 3.13. The molecule has 0 N–H and O–H groups in total. The van der Waals surface area contributed by atoms with E-state index in [1.807, 2.05) is 44.4 Å². The van der Waals surface area contributed by atoms with Crippen molar-refractivity contribution in [3.05, 3.63) is 44.5 Å². The fourth-order valence-corrected chi connectivity index (χ4v) is 4.89. The lowest BCUT2D eigenvalue weighted by Crippen LogP contribution is -2.38. The minimum Gasteiger partial charge on any atom is -0.461 e. The summed E-state index contributed by atoms with van der Waals surface area (Å²) in [6.45, 7) is 9.45. The molecule has 4 rings (SSSR count). The second-order valence-electron chi connectivity index (χ2n) is 7.52. The van der Waals surface area contributed by atoms with Crippen molar-refractivity contribution < 1.29 is 13.6 Å². The first-order chi connectivity index (χ1) is 13.4. The van der Waals surface area contributed by atoms with E-state index < -0.39 is 0 Å². The number of hydrogen-bond acceptors (Lipinski definition) is 5. The number of amides is 1.